The van der Waals surface area contributed by atoms with Crippen molar-refractivity contribution in [1.82, 2.24) is 4.98 Å². The Morgan fingerprint density at radius 3 is 2.71 bits per heavy atom. The second-order valence-electron chi connectivity index (χ2n) is 4.01. The van der Waals surface area contributed by atoms with Gasteiger partial charge >= 0.3 is 0 Å². The second kappa shape index (κ2) is 3.58. The van der Waals surface area contributed by atoms with Crippen molar-refractivity contribution >= 4 is 5.82 Å². The zero-order valence-electron chi connectivity index (χ0n) is 8.80. The van der Waals surface area contributed by atoms with Crippen molar-refractivity contribution < 1.29 is 0 Å². The van der Waals surface area contributed by atoms with Crippen molar-refractivity contribution in [3.63, 3.8) is 0 Å². The van der Waals surface area contributed by atoms with Gasteiger partial charge in [0, 0.05) is 18.3 Å². The Bertz CT molecular complexity index is 319. The molecule has 0 unspecified atom stereocenters. The molecule has 3 heteroatoms. The first-order valence-corrected chi connectivity index (χ1v) is 5.14. The van der Waals surface area contributed by atoms with E-state index in [2.05, 4.69) is 23.3 Å². The van der Waals surface area contributed by atoms with Crippen LogP contribution in [0.1, 0.15) is 29.7 Å². The number of hydrogen-bond donors (Lipinski definition) is 2. The van der Waals surface area contributed by atoms with Gasteiger partial charge in [-0.2, -0.15) is 0 Å². The summed E-state index contributed by atoms with van der Waals surface area (Å²) in [5, 5.41) is 3.40. The van der Waals surface area contributed by atoms with Crippen molar-refractivity contribution in [2.24, 2.45) is 5.73 Å². The van der Waals surface area contributed by atoms with Crippen molar-refractivity contribution in [3.05, 3.63) is 22.9 Å². The van der Waals surface area contributed by atoms with Gasteiger partial charge in [0.1, 0.15) is 5.82 Å². The zero-order chi connectivity index (χ0) is 10.1. The molecule has 0 bridgehead atoms. The molecule has 1 heterocycles. The number of aryl methyl sites for hydroxylation is 2. The molecule has 3 nitrogen and oxygen atoms in total. The first-order valence-electron chi connectivity index (χ1n) is 5.14. The lowest BCUT2D eigenvalue weighted by atomic mass is 10.1. The average molecular weight is 191 g/mol. The summed E-state index contributed by atoms with van der Waals surface area (Å²) in [5.41, 5.74) is 9.12. The molecule has 1 aliphatic carbocycles. The number of nitrogens with zero attached hydrogens (tertiary/aromatic N) is 1. The molecule has 0 atom stereocenters. The third kappa shape index (κ3) is 1.87. The van der Waals surface area contributed by atoms with Crippen molar-refractivity contribution in [3.8, 4) is 0 Å². The monoisotopic (exact) mass is 191 g/mol. The summed E-state index contributed by atoms with van der Waals surface area (Å²) in [7, 11) is 0. The second-order valence-corrected chi connectivity index (χ2v) is 4.01. The third-order valence-electron chi connectivity index (χ3n) is 2.69. The summed E-state index contributed by atoms with van der Waals surface area (Å²) in [6.45, 7) is 4.69. The van der Waals surface area contributed by atoms with Gasteiger partial charge in [-0.05, 0) is 43.9 Å². The standard InChI is InChI=1S/C11H17N3/c1-7-5-11(14-9-3-4-9)13-8(2)10(7)6-12/h5,9H,3-4,6,12H2,1-2H3,(H,13,14). The van der Waals surface area contributed by atoms with E-state index in [1.165, 1.54) is 24.0 Å². The van der Waals surface area contributed by atoms with Crippen LogP contribution in [0.5, 0.6) is 0 Å². The van der Waals surface area contributed by atoms with Crippen molar-refractivity contribution in [2.45, 2.75) is 39.3 Å². The SMILES string of the molecule is Cc1cc(NC2CC2)nc(C)c1CN. The van der Waals surface area contributed by atoms with E-state index in [1.54, 1.807) is 0 Å². The molecule has 0 amide bonds. The van der Waals surface area contributed by atoms with E-state index in [-0.39, 0.29) is 0 Å². The first-order chi connectivity index (χ1) is 6.70. The summed E-state index contributed by atoms with van der Waals surface area (Å²) in [5.74, 6) is 1.000. The fraction of sp³-hybridized carbons (Fsp3) is 0.545. The van der Waals surface area contributed by atoms with Crippen molar-refractivity contribution in [1.29, 1.82) is 0 Å². The van der Waals surface area contributed by atoms with E-state index in [0.717, 1.165) is 11.5 Å². The van der Waals surface area contributed by atoms with Gasteiger partial charge < -0.3 is 11.1 Å². The maximum absolute atomic E-state index is 5.65. The summed E-state index contributed by atoms with van der Waals surface area (Å²) < 4.78 is 0. The quantitative estimate of drug-likeness (QED) is 0.765. The highest BCUT2D eigenvalue weighted by Gasteiger charge is 2.21. The highest BCUT2D eigenvalue weighted by atomic mass is 15.0. The van der Waals surface area contributed by atoms with E-state index in [4.69, 9.17) is 5.73 Å². The van der Waals surface area contributed by atoms with Crippen LogP contribution in [0.4, 0.5) is 5.82 Å². The summed E-state index contributed by atoms with van der Waals surface area (Å²) in [6, 6.07) is 2.75. The number of nitrogens with two attached hydrogens (primary N) is 1. The normalized spacial score (nSPS) is 15.6. The third-order valence-corrected chi connectivity index (χ3v) is 2.69. The zero-order valence-corrected chi connectivity index (χ0v) is 8.80. The molecule has 0 radical (unpaired) electrons. The Balaban J connectivity index is 2.25. The summed E-state index contributed by atoms with van der Waals surface area (Å²) >= 11 is 0. The van der Waals surface area contributed by atoms with Gasteiger partial charge in [-0.1, -0.05) is 0 Å². The highest BCUT2D eigenvalue weighted by molar-refractivity contribution is 5.45. The fourth-order valence-electron chi connectivity index (χ4n) is 1.68. The molecule has 1 aromatic rings. The van der Waals surface area contributed by atoms with Gasteiger partial charge in [-0.3, -0.25) is 0 Å². The maximum atomic E-state index is 5.65. The molecule has 0 aliphatic heterocycles. The summed E-state index contributed by atoms with van der Waals surface area (Å²) in [4.78, 5) is 4.49. The van der Waals surface area contributed by atoms with Crippen LogP contribution >= 0.6 is 0 Å². The van der Waals surface area contributed by atoms with Gasteiger partial charge in [-0.25, -0.2) is 4.98 Å². The first kappa shape index (κ1) is 9.46. The highest BCUT2D eigenvalue weighted by Crippen LogP contribution is 2.25. The fourth-order valence-corrected chi connectivity index (χ4v) is 1.68. The van der Waals surface area contributed by atoms with Crippen molar-refractivity contribution in [2.75, 3.05) is 5.32 Å². The predicted octanol–water partition coefficient (Wildman–Crippen LogP) is 1.73. The lowest BCUT2D eigenvalue weighted by molar-refractivity contribution is 0.978. The molecule has 14 heavy (non-hydrogen) atoms. The molecule has 1 saturated carbocycles. The van der Waals surface area contributed by atoms with E-state index < -0.39 is 0 Å². The molecule has 1 aromatic heterocycles. The Morgan fingerprint density at radius 1 is 1.50 bits per heavy atom. The molecule has 3 N–H and O–H groups in total. The van der Waals surface area contributed by atoms with Gasteiger partial charge in [0.05, 0.1) is 0 Å². The molecular weight excluding hydrogens is 174 g/mol. The molecule has 0 spiro atoms. The number of rotatable bonds is 3. The van der Waals surface area contributed by atoms with Crippen LogP contribution in [-0.2, 0) is 6.54 Å². The largest absolute Gasteiger partial charge is 0.367 e. The van der Waals surface area contributed by atoms with Crippen LogP contribution in [0, 0.1) is 13.8 Å². The minimum Gasteiger partial charge on any atom is -0.367 e. The smallest absolute Gasteiger partial charge is 0.126 e. The van der Waals surface area contributed by atoms with Crippen LogP contribution < -0.4 is 11.1 Å². The van der Waals surface area contributed by atoms with Gasteiger partial charge in [0.25, 0.3) is 0 Å². The van der Waals surface area contributed by atoms with E-state index in [9.17, 15) is 0 Å². The predicted molar refractivity (Wildman–Crippen MR) is 58.2 cm³/mol. The number of aromatic nitrogens is 1. The maximum Gasteiger partial charge on any atom is 0.126 e. The molecule has 0 aromatic carbocycles. The van der Waals surface area contributed by atoms with Gasteiger partial charge in [0.15, 0.2) is 0 Å². The minimum atomic E-state index is 0.578. The Hall–Kier alpha value is -1.09. The molecule has 1 fully saturated rings. The van der Waals surface area contributed by atoms with E-state index in [0.29, 0.717) is 12.6 Å². The van der Waals surface area contributed by atoms with Crippen LogP contribution in [0.15, 0.2) is 6.07 Å². The van der Waals surface area contributed by atoms with Crippen LogP contribution in [-0.4, -0.2) is 11.0 Å². The number of anilines is 1. The molecular formula is C11H17N3. The number of pyridine rings is 1. The Labute approximate surface area is 84.7 Å². The topological polar surface area (TPSA) is 50.9 Å². The molecule has 2 rings (SSSR count). The summed E-state index contributed by atoms with van der Waals surface area (Å²) in [6.07, 6.45) is 2.55. The minimum absolute atomic E-state index is 0.578. The average Bonchev–Trinajstić information content (AvgIpc) is 2.87. The lowest BCUT2D eigenvalue weighted by Gasteiger charge is -2.10. The van der Waals surface area contributed by atoms with Crippen LogP contribution in [0.2, 0.25) is 0 Å². The molecule has 1 aliphatic rings. The molecule has 0 saturated heterocycles. The van der Waals surface area contributed by atoms with E-state index >= 15 is 0 Å². The number of nitrogens with one attached hydrogen (secondary N) is 1. The van der Waals surface area contributed by atoms with E-state index in [1.807, 2.05) is 6.92 Å². The lowest BCUT2D eigenvalue weighted by Crippen LogP contribution is -2.08. The Morgan fingerprint density at radius 2 is 2.21 bits per heavy atom. The van der Waals surface area contributed by atoms with Gasteiger partial charge in [0.2, 0.25) is 0 Å². The van der Waals surface area contributed by atoms with Crippen LogP contribution in [0.25, 0.3) is 0 Å². The van der Waals surface area contributed by atoms with Gasteiger partial charge in [-0.15, -0.1) is 0 Å². The van der Waals surface area contributed by atoms with Crippen LogP contribution in [0.3, 0.4) is 0 Å². The molecule has 76 valence electrons. The Kier molecular flexibility index (Phi) is 2.42. The number of hydrogen-bond acceptors (Lipinski definition) is 3.